The van der Waals surface area contributed by atoms with Gasteiger partial charge in [0.25, 0.3) is 0 Å². The molecule has 3 N–H and O–H groups in total. The van der Waals surface area contributed by atoms with Crippen LogP contribution in [0.5, 0.6) is 5.75 Å². The molecule has 1 heterocycles. The van der Waals surface area contributed by atoms with Gasteiger partial charge in [-0.15, -0.1) is 0 Å². The summed E-state index contributed by atoms with van der Waals surface area (Å²) in [6.07, 6.45) is -4.39. The molecule has 0 radical (unpaired) electrons. The Hall–Kier alpha value is -1.87. The van der Waals surface area contributed by atoms with Gasteiger partial charge in [0.1, 0.15) is 5.75 Å². The number of halogens is 3. The van der Waals surface area contributed by atoms with E-state index in [4.69, 9.17) is 5.73 Å². The van der Waals surface area contributed by atoms with E-state index in [2.05, 4.69) is 15.0 Å². The largest absolute Gasteiger partial charge is 0.484 e. The molecule has 108 valence electrons. The lowest BCUT2D eigenvalue weighted by atomic mass is 10.3. The molecule has 0 aliphatic heterocycles. The summed E-state index contributed by atoms with van der Waals surface area (Å²) in [4.78, 5) is 15.2. The smallest absolute Gasteiger partial charge is 0.422 e. The highest BCUT2D eigenvalue weighted by molar-refractivity contribution is 7.22. The number of ether oxygens (including phenoxy) is 1. The van der Waals surface area contributed by atoms with E-state index in [1.165, 1.54) is 18.2 Å². The number of amides is 1. The van der Waals surface area contributed by atoms with Crippen LogP contribution < -0.4 is 15.8 Å². The molecule has 9 heteroatoms. The summed E-state index contributed by atoms with van der Waals surface area (Å²) in [6, 6.07) is 4.36. The Labute approximate surface area is 115 Å². The number of thiazole rings is 1. The third-order valence-corrected chi connectivity index (χ3v) is 3.13. The maximum absolute atomic E-state index is 12.0. The standard InChI is InChI=1S/C11H10F3N3O2S/c12-11(13,14)5-19-6-1-2-7-8(3-6)20-10(16-7)17-9(18)4-15/h1-3H,4-5,15H2,(H,16,17,18). The molecule has 0 aliphatic carbocycles. The van der Waals surface area contributed by atoms with Crippen molar-refractivity contribution in [3.05, 3.63) is 18.2 Å². The number of aromatic nitrogens is 1. The molecule has 0 unspecified atom stereocenters. The van der Waals surface area contributed by atoms with Crippen LogP contribution in [-0.2, 0) is 4.79 Å². The molecule has 5 nitrogen and oxygen atoms in total. The number of nitrogens with two attached hydrogens (primary N) is 1. The average Bonchev–Trinajstić information content (AvgIpc) is 2.76. The predicted octanol–water partition coefficient (Wildman–Crippen LogP) is 2.13. The first-order valence-corrected chi connectivity index (χ1v) is 6.29. The third kappa shape index (κ3) is 3.81. The van der Waals surface area contributed by atoms with E-state index in [1.54, 1.807) is 0 Å². The highest BCUT2D eigenvalue weighted by atomic mass is 32.1. The van der Waals surface area contributed by atoms with Crippen molar-refractivity contribution in [1.29, 1.82) is 0 Å². The number of hydrogen-bond acceptors (Lipinski definition) is 5. The SMILES string of the molecule is NCC(=O)Nc1nc2ccc(OCC(F)(F)F)cc2s1. The summed E-state index contributed by atoms with van der Waals surface area (Å²) in [5, 5.41) is 2.82. The maximum atomic E-state index is 12.0. The van der Waals surface area contributed by atoms with Gasteiger partial charge in [-0.2, -0.15) is 13.2 Å². The molecule has 0 bridgehead atoms. The Morgan fingerprint density at radius 2 is 2.20 bits per heavy atom. The Bertz CT molecular complexity index is 627. The summed E-state index contributed by atoms with van der Waals surface area (Å²) in [5.74, 6) is -0.298. The molecule has 1 aromatic heterocycles. The monoisotopic (exact) mass is 305 g/mol. The summed E-state index contributed by atoms with van der Waals surface area (Å²) < 4.78 is 41.4. The van der Waals surface area contributed by atoms with Gasteiger partial charge < -0.3 is 15.8 Å². The lowest BCUT2D eigenvalue weighted by Crippen LogP contribution is -2.21. The Balaban J connectivity index is 2.15. The highest BCUT2D eigenvalue weighted by Gasteiger charge is 2.28. The number of carbonyl (C=O) groups excluding carboxylic acids is 1. The van der Waals surface area contributed by atoms with Gasteiger partial charge in [0, 0.05) is 0 Å². The zero-order valence-corrected chi connectivity index (χ0v) is 10.8. The molecule has 1 aromatic carbocycles. The van der Waals surface area contributed by atoms with E-state index < -0.39 is 18.7 Å². The molecule has 2 rings (SSSR count). The fourth-order valence-electron chi connectivity index (χ4n) is 1.38. The van der Waals surface area contributed by atoms with Crippen LogP contribution in [0.15, 0.2) is 18.2 Å². The van der Waals surface area contributed by atoms with Gasteiger partial charge >= 0.3 is 6.18 Å². The van der Waals surface area contributed by atoms with E-state index in [0.29, 0.717) is 15.3 Å². The van der Waals surface area contributed by atoms with Crippen LogP contribution in [0.25, 0.3) is 10.2 Å². The minimum atomic E-state index is -4.39. The summed E-state index contributed by atoms with van der Waals surface area (Å²) in [6.45, 7) is -1.52. The van der Waals surface area contributed by atoms with Crippen LogP contribution >= 0.6 is 11.3 Å². The van der Waals surface area contributed by atoms with Crippen LogP contribution in [0, 0.1) is 0 Å². The van der Waals surface area contributed by atoms with Crippen molar-refractivity contribution in [2.45, 2.75) is 6.18 Å². The lowest BCUT2D eigenvalue weighted by Gasteiger charge is -2.08. The van der Waals surface area contributed by atoms with E-state index in [0.717, 1.165) is 11.3 Å². The fraction of sp³-hybridized carbons (Fsp3) is 0.273. The number of alkyl halides is 3. The maximum Gasteiger partial charge on any atom is 0.422 e. The van der Waals surface area contributed by atoms with Crippen molar-refractivity contribution in [3.8, 4) is 5.75 Å². The minimum absolute atomic E-state index is 0.0928. The fourth-order valence-corrected chi connectivity index (χ4v) is 2.29. The average molecular weight is 305 g/mol. The van der Waals surface area contributed by atoms with Gasteiger partial charge in [0.2, 0.25) is 5.91 Å². The number of nitrogens with zero attached hydrogens (tertiary/aromatic N) is 1. The predicted molar refractivity (Wildman–Crippen MR) is 68.9 cm³/mol. The van der Waals surface area contributed by atoms with Gasteiger partial charge in [-0.3, -0.25) is 4.79 Å². The van der Waals surface area contributed by atoms with E-state index in [-0.39, 0.29) is 12.3 Å². The number of carbonyl (C=O) groups is 1. The van der Waals surface area contributed by atoms with Gasteiger partial charge in [-0.25, -0.2) is 4.98 Å². The second-order valence-corrected chi connectivity index (χ2v) is 4.84. The van der Waals surface area contributed by atoms with Gasteiger partial charge in [0.05, 0.1) is 16.8 Å². The van der Waals surface area contributed by atoms with Crippen LogP contribution in [0.2, 0.25) is 0 Å². The molecule has 1 amide bonds. The Morgan fingerprint density at radius 1 is 1.45 bits per heavy atom. The van der Waals surface area contributed by atoms with Crippen molar-refractivity contribution in [1.82, 2.24) is 4.98 Å². The van der Waals surface area contributed by atoms with Crippen molar-refractivity contribution >= 4 is 32.6 Å². The van der Waals surface area contributed by atoms with Gasteiger partial charge in [-0.05, 0) is 18.2 Å². The molecule has 0 spiro atoms. The van der Waals surface area contributed by atoms with Crippen LogP contribution in [-0.4, -0.2) is 30.2 Å². The zero-order chi connectivity index (χ0) is 14.8. The number of anilines is 1. The topological polar surface area (TPSA) is 77.2 Å². The van der Waals surface area contributed by atoms with E-state index in [1.807, 2.05) is 0 Å². The molecule has 2 aromatic rings. The minimum Gasteiger partial charge on any atom is -0.484 e. The molecule has 0 atom stereocenters. The number of rotatable bonds is 4. The molecule has 0 aliphatic rings. The number of hydrogen-bond donors (Lipinski definition) is 2. The van der Waals surface area contributed by atoms with Crippen LogP contribution in [0.4, 0.5) is 18.3 Å². The summed E-state index contributed by atoms with van der Waals surface area (Å²) in [5.41, 5.74) is 5.71. The van der Waals surface area contributed by atoms with Crippen molar-refractivity contribution in [2.24, 2.45) is 5.73 Å². The van der Waals surface area contributed by atoms with Crippen LogP contribution in [0.1, 0.15) is 0 Å². The highest BCUT2D eigenvalue weighted by Crippen LogP contribution is 2.29. The Morgan fingerprint density at radius 3 is 2.85 bits per heavy atom. The first-order chi connectivity index (χ1) is 9.37. The second kappa shape index (κ2) is 5.63. The molecular weight excluding hydrogens is 295 g/mol. The normalized spacial score (nSPS) is 11.6. The number of benzene rings is 1. The summed E-state index contributed by atoms with van der Waals surface area (Å²) >= 11 is 1.13. The molecule has 0 saturated heterocycles. The lowest BCUT2D eigenvalue weighted by molar-refractivity contribution is -0.153. The number of fused-ring (bicyclic) bond motifs is 1. The molecule has 0 fully saturated rings. The van der Waals surface area contributed by atoms with E-state index >= 15 is 0 Å². The van der Waals surface area contributed by atoms with Crippen molar-refractivity contribution in [3.63, 3.8) is 0 Å². The zero-order valence-electron chi connectivity index (χ0n) is 10.0. The molecule has 0 saturated carbocycles. The number of nitrogens with one attached hydrogen (secondary N) is 1. The summed E-state index contributed by atoms with van der Waals surface area (Å²) in [7, 11) is 0. The molecular formula is C11H10F3N3O2S. The second-order valence-electron chi connectivity index (χ2n) is 3.80. The third-order valence-electron chi connectivity index (χ3n) is 2.19. The quantitative estimate of drug-likeness (QED) is 0.907. The van der Waals surface area contributed by atoms with Gasteiger partial charge in [0.15, 0.2) is 11.7 Å². The first kappa shape index (κ1) is 14.5. The first-order valence-electron chi connectivity index (χ1n) is 5.47. The van der Waals surface area contributed by atoms with Crippen molar-refractivity contribution in [2.75, 3.05) is 18.5 Å². The Kier molecular flexibility index (Phi) is 4.09. The van der Waals surface area contributed by atoms with Crippen molar-refractivity contribution < 1.29 is 22.7 Å². The van der Waals surface area contributed by atoms with Crippen LogP contribution in [0.3, 0.4) is 0 Å². The molecule has 20 heavy (non-hydrogen) atoms. The van der Waals surface area contributed by atoms with Gasteiger partial charge in [-0.1, -0.05) is 11.3 Å². The van der Waals surface area contributed by atoms with E-state index in [9.17, 15) is 18.0 Å².